The predicted molar refractivity (Wildman–Crippen MR) is 52.5 cm³/mol. The molecule has 0 aliphatic heterocycles. The molecule has 0 fully saturated rings. The molecule has 0 aliphatic carbocycles. The zero-order valence-electron chi connectivity index (χ0n) is 8.20. The second kappa shape index (κ2) is 4.49. The fourth-order valence-electron chi connectivity index (χ4n) is 1.03. The summed E-state index contributed by atoms with van der Waals surface area (Å²) in [6, 6.07) is 0. The Labute approximate surface area is 77.9 Å². The quantitative estimate of drug-likeness (QED) is 0.487. The molecule has 5 nitrogen and oxygen atoms in total. The molecule has 1 aromatic heterocycles. The van der Waals surface area contributed by atoms with Gasteiger partial charge in [-0.25, -0.2) is 0 Å². The third-order valence-electron chi connectivity index (χ3n) is 1.68. The van der Waals surface area contributed by atoms with E-state index in [0.717, 1.165) is 18.1 Å². The van der Waals surface area contributed by atoms with Crippen LogP contribution in [-0.4, -0.2) is 29.8 Å². The van der Waals surface area contributed by atoms with E-state index in [0.29, 0.717) is 0 Å². The molecule has 0 saturated heterocycles. The molecule has 0 saturated carbocycles. The molecule has 72 valence electrons. The van der Waals surface area contributed by atoms with Crippen molar-refractivity contribution < 1.29 is 0 Å². The summed E-state index contributed by atoms with van der Waals surface area (Å²) < 4.78 is 1.78. The summed E-state index contributed by atoms with van der Waals surface area (Å²) in [5.74, 6) is 0.781. The van der Waals surface area contributed by atoms with Crippen LogP contribution in [0.2, 0.25) is 0 Å². The highest BCUT2D eigenvalue weighted by molar-refractivity contribution is 5.79. The van der Waals surface area contributed by atoms with E-state index < -0.39 is 0 Å². The molecule has 2 N–H and O–H groups in total. The van der Waals surface area contributed by atoms with Gasteiger partial charge in [0.05, 0.1) is 6.20 Å². The lowest BCUT2D eigenvalue weighted by Crippen LogP contribution is -2.33. The van der Waals surface area contributed by atoms with E-state index in [-0.39, 0.29) is 0 Å². The zero-order valence-corrected chi connectivity index (χ0v) is 8.20. The highest BCUT2D eigenvalue weighted by Gasteiger charge is 1.96. The number of nitrogens with zero attached hydrogens (tertiary/aromatic N) is 3. The maximum Gasteiger partial charge on any atom is 0.190 e. The highest BCUT2D eigenvalue weighted by Crippen LogP contribution is 1.94. The van der Waals surface area contributed by atoms with Gasteiger partial charge in [0.15, 0.2) is 5.96 Å². The molecule has 0 radical (unpaired) electrons. The van der Waals surface area contributed by atoms with Gasteiger partial charge in [-0.3, -0.25) is 9.67 Å². The van der Waals surface area contributed by atoms with Gasteiger partial charge in [-0.15, -0.1) is 0 Å². The average molecular weight is 181 g/mol. The Bertz CT molecular complexity index is 288. The Morgan fingerprint density at radius 2 is 2.46 bits per heavy atom. The second-order valence-electron chi connectivity index (χ2n) is 2.70. The number of aryl methyl sites for hydroxylation is 1. The van der Waals surface area contributed by atoms with E-state index in [2.05, 4.69) is 20.7 Å². The van der Waals surface area contributed by atoms with Gasteiger partial charge < -0.3 is 10.6 Å². The summed E-state index contributed by atoms with van der Waals surface area (Å²) in [5.41, 5.74) is 1.14. The fraction of sp³-hybridized carbons (Fsp3) is 0.500. The van der Waals surface area contributed by atoms with E-state index in [1.807, 2.05) is 26.5 Å². The third kappa shape index (κ3) is 2.77. The molecule has 0 aromatic carbocycles. The van der Waals surface area contributed by atoms with E-state index in [1.165, 1.54) is 0 Å². The SMILES string of the molecule is CN=C(NC)NCc1cnn(C)c1. The van der Waals surface area contributed by atoms with Gasteiger partial charge >= 0.3 is 0 Å². The summed E-state index contributed by atoms with van der Waals surface area (Å²) in [5, 5.41) is 10.1. The predicted octanol–water partition coefficient (Wildman–Crippen LogP) is -0.285. The van der Waals surface area contributed by atoms with Gasteiger partial charge in [0, 0.05) is 39.4 Å². The van der Waals surface area contributed by atoms with Gasteiger partial charge in [0.1, 0.15) is 0 Å². The minimum atomic E-state index is 0.737. The van der Waals surface area contributed by atoms with Crippen molar-refractivity contribution in [1.29, 1.82) is 0 Å². The largest absolute Gasteiger partial charge is 0.359 e. The molecule has 1 rings (SSSR count). The highest BCUT2D eigenvalue weighted by atomic mass is 15.2. The number of nitrogens with one attached hydrogen (secondary N) is 2. The van der Waals surface area contributed by atoms with Crippen molar-refractivity contribution in [2.75, 3.05) is 14.1 Å². The second-order valence-corrected chi connectivity index (χ2v) is 2.70. The fourth-order valence-corrected chi connectivity index (χ4v) is 1.03. The summed E-state index contributed by atoms with van der Waals surface area (Å²) in [6.45, 7) is 0.737. The molecule has 0 amide bonds. The lowest BCUT2D eigenvalue weighted by Gasteiger charge is -2.05. The summed E-state index contributed by atoms with van der Waals surface area (Å²) in [7, 11) is 5.47. The maximum absolute atomic E-state index is 4.06. The normalized spacial score (nSPS) is 11.5. The first-order chi connectivity index (χ1) is 6.26. The zero-order chi connectivity index (χ0) is 9.68. The summed E-state index contributed by atoms with van der Waals surface area (Å²) in [4.78, 5) is 4.00. The van der Waals surface area contributed by atoms with Crippen LogP contribution in [0.25, 0.3) is 0 Å². The van der Waals surface area contributed by atoms with Crippen LogP contribution in [-0.2, 0) is 13.6 Å². The van der Waals surface area contributed by atoms with Crippen molar-refractivity contribution >= 4 is 5.96 Å². The van der Waals surface area contributed by atoms with Gasteiger partial charge in [0.25, 0.3) is 0 Å². The first-order valence-electron chi connectivity index (χ1n) is 4.12. The van der Waals surface area contributed by atoms with E-state index in [1.54, 1.807) is 11.7 Å². The molecule has 0 unspecified atom stereocenters. The Morgan fingerprint density at radius 3 is 2.92 bits per heavy atom. The minimum absolute atomic E-state index is 0.737. The first-order valence-corrected chi connectivity index (χ1v) is 4.12. The molecule has 0 aliphatic rings. The van der Waals surface area contributed by atoms with Crippen LogP contribution in [0.4, 0.5) is 0 Å². The minimum Gasteiger partial charge on any atom is -0.359 e. The van der Waals surface area contributed by atoms with Crippen LogP contribution >= 0.6 is 0 Å². The molecule has 0 bridgehead atoms. The van der Waals surface area contributed by atoms with Crippen LogP contribution in [0.5, 0.6) is 0 Å². The Hall–Kier alpha value is -1.52. The van der Waals surface area contributed by atoms with Crippen molar-refractivity contribution in [3.05, 3.63) is 18.0 Å². The molecule has 1 aromatic rings. The molecular formula is C8H15N5. The molecule has 13 heavy (non-hydrogen) atoms. The van der Waals surface area contributed by atoms with Crippen molar-refractivity contribution in [3.63, 3.8) is 0 Å². The van der Waals surface area contributed by atoms with Crippen molar-refractivity contribution in [2.24, 2.45) is 12.0 Å². The number of hydrogen-bond donors (Lipinski definition) is 2. The van der Waals surface area contributed by atoms with E-state index >= 15 is 0 Å². The topological polar surface area (TPSA) is 54.2 Å². The van der Waals surface area contributed by atoms with Crippen molar-refractivity contribution in [3.8, 4) is 0 Å². The average Bonchev–Trinajstić information content (AvgIpc) is 2.53. The van der Waals surface area contributed by atoms with Crippen molar-refractivity contribution in [2.45, 2.75) is 6.54 Å². The third-order valence-corrected chi connectivity index (χ3v) is 1.68. The lowest BCUT2D eigenvalue weighted by molar-refractivity contribution is 0.765. The first kappa shape index (κ1) is 9.57. The Morgan fingerprint density at radius 1 is 1.69 bits per heavy atom. The molecule has 5 heteroatoms. The molecule has 1 heterocycles. The smallest absolute Gasteiger partial charge is 0.190 e. The van der Waals surface area contributed by atoms with E-state index in [4.69, 9.17) is 0 Å². The molecular weight excluding hydrogens is 166 g/mol. The van der Waals surface area contributed by atoms with Gasteiger partial charge in [-0.05, 0) is 0 Å². The van der Waals surface area contributed by atoms with Crippen LogP contribution in [0.15, 0.2) is 17.4 Å². The van der Waals surface area contributed by atoms with E-state index in [9.17, 15) is 0 Å². The molecule has 0 atom stereocenters. The summed E-state index contributed by atoms with van der Waals surface area (Å²) in [6.07, 6.45) is 3.80. The number of aromatic nitrogens is 2. The summed E-state index contributed by atoms with van der Waals surface area (Å²) >= 11 is 0. The van der Waals surface area contributed by atoms with Gasteiger partial charge in [-0.2, -0.15) is 5.10 Å². The van der Waals surface area contributed by atoms with Crippen LogP contribution in [0.1, 0.15) is 5.56 Å². The number of aliphatic imine (C=N–C) groups is 1. The van der Waals surface area contributed by atoms with Gasteiger partial charge in [0.2, 0.25) is 0 Å². The Kier molecular flexibility index (Phi) is 3.31. The van der Waals surface area contributed by atoms with Crippen LogP contribution < -0.4 is 10.6 Å². The number of hydrogen-bond acceptors (Lipinski definition) is 2. The van der Waals surface area contributed by atoms with Gasteiger partial charge in [-0.1, -0.05) is 0 Å². The van der Waals surface area contributed by atoms with Crippen LogP contribution in [0.3, 0.4) is 0 Å². The van der Waals surface area contributed by atoms with Crippen LogP contribution in [0, 0.1) is 0 Å². The number of rotatable bonds is 2. The number of guanidine groups is 1. The lowest BCUT2D eigenvalue weighted by atomic mass is 10.4. The standard InChI is InChI=1S/C8H15N5/c1-9-8(10-2)11-4-7-5-12-13(3)6-7/h5-6H,4H2,1-3H3,(H2,9,10,11). The maximum atomic E-state index is 4.06. The Balaban J connectivity index is 2.43. The monoisotopic (exact) mass is 181 g/mol. The molecule has 0 spiro atoms. The van der Waals surface area contributed by atoms with Crippen molar-refractivity contribution in [1.82, 2.24) is 20.4 Å².